The second-order valence-electron chi connectivity index (χ2n) is 4.93. The number of carboxylic acids is 1. The first-order chi connectivity index (χ1) is 9.61. The highest BCUT2D eigenvalue weighted by molar-refractivity contribution is 5.85. The fraction of sp³-hybridized carbons (Fsp3) is 0.312. The maximum absolute atomic E-state index is 10.9. The van der Waals surface area contributed by atoms with Crippen molar-refractivity contribution in [1.82, 2.24) is 4.98 Å². The number of allylic oxidation sites excluding steroid dienone is 2. The lowest BCUT2D eigenvalue weighted by molar-refractivity contribution is -0.138. The van der Waals surface area contributed by atoms with Crippen LogP contribution in [0.3, 0.4) is 0 Å². The summed E-state index contributed by atoms with van der Waals surface area (Å²) in [6, 6.07) is 5.35. The molecule has 0 aliphatic heterocycles. The van der Waals surface area contributed by atoms with Crippen LogP contribution >= 0.6 is 0 Å². The molecule has 1 aromatic carbocycles. The summed E-state index contributed by atoms with van der Waals surface area (Å²) in [4.78, 5) is 14.0. The van der Waals surface area contributed by atoms with Crippen molar-refractivity contribution in [1.29, 1.82) is 0 Å². The minimum atomic E-state index is -0.971. The number of fused-ring (bicyclic) bond motifs is 1. The van der Waals surface area contributed by atoms with Gasteiger partial charge in [0, 0.05) is 23.5 Å². The van der Waals surface area contributed by atoms with Gasteiger partial charge in [-0.2, -0.15) is 0 Å². The summed E-state index contributed by atoms with van der Waals surface area (Å²) < 4.78 is 0. The van der Waals surface area contributed by atoms with Gasteiger partial charge in [-0.05, 0) is 36.1 Å². The molecule has 0 saturated heterocycles. The van der Waals surface area contributed by atoms with E-state index in [1.54, 1.807) is 0 Å². The molecule has 0 spiro atoms. The lowest BCUT2D eigenvalue weighted by atomic mass is 10.0. The predicted octanol–water partition coefficient (Wildman–Crippen LogP) is 2.63. The summed E-state index contributed by atoms with van der Waals surface area (Å²) in [5.41, 5.74) is 8.79. The zero-order valence-electron chi connectivity index (χ0n) is 11.6. The maximum Gasteiger partial charge on any atom is 0.320 e. The van der Waals surface area contributed by atoms with Crippen LogP contribution in [0, 0.1) is 0 Å². The number of aliphatic carboxylic acids is 1. The Hall–Kier alpha value is -2.07. The maximum atomic E-state index is 10.9. The summed E-state index contributed by atoms with van der Waals surface area (Å²) in [6.07, 6.45) is 8.40. The van der Waals surface area contributed by atoms with Gasteiger partial charge < -0.3 is 15.8 Å². The molecule has 0 unspecified atom stereocenters. The third-order valence-electron chi connectivity index (χ3n) is 3.34. The van der Waals surface area contributed by atoms with Gasteiger partial charge in [0.05, 0.1) is 0 Å². The third kappa shape index (κ3) is 3.27. The SMILES string of the molecule is CC/C=C/Cc1ccc2[nH]cc(C[C@H](N)C(=O)O)c2c1. The van der Waals surface area contributed by atoms with Crippen LogP contribution in [0.2, 0.25) is 0 Å². The molecule has 0 aliphatic carbocycles. The molecule has 4 N–H and O–H groups in total. The Labute approximate surface area is 118 Å². The second kappa shape index (κ2) is 6.39. The van der Waals surface area contributed by atoms with E-state index in [4.69, 9.17) is 10.8 Å². The molecule has 0 radical (unpaired) electrons. The van der Waals surface area contributed by atoms with Gasteiger partial charge >= 0.3 is 5.97 Å². The molecule has 0 saturated carbocycles. The zero-order chi connectivity index (χ0) is 14.5. The zero-order valence-corrected chi connectivity index (χ0v) is 11.6. The van der Waals surface area contributed by atoms with Crippen molar-refractivity contribution in [3.05, 3.63) is 47.7 Å². The van der Waals surface area contributed by atoms with Crippen molar-refractivity contribution in [2.75, 3.05) is 0 Å². The summed E-state index contributed by atoms with van der Waals surface area (Å²) >= 11 is 0. The number of nitrogens with two attached hydrogens (primary N) is 1. The Kier molecular flexibility index (Phi) is 4.58. The number of aromatic nitrogens is 1. The highest BCUT2D eigenvalue weighted by Crippen LogP contribution is 2.21. The molecule has 0 aliphatic rings. The van der Waals surface area contributed by atoms with E-state index in [1.165, 1.54) is 5.56 Å². The largest absolute Gasteiger partial charge is 0.480 e. The van der Waals surface area contributed by atoms with Crippen LogP contribution in [0.15, 0.2) is 36.5 Å². The van der Waals surface area contributed by atoms with Crippen LogP contribution in [-0.4, -0.2) is 22.1 Å². The average molecular weight is 272 g/mol. The molecule has 106 valence electrons. The fourth-order valence-corrected chi connectivity index (χ4v) is 2.23. The molecular weight excluding hydrogens is 252 g/mol. The highest BCUT2D eigenvalue weighted by Gasteiger charge is 2.14. The lowest BCUT2D eigenvalue weighted by Gasteiger charge is -2.05. The van der Waals surface area contributed by atoms with E-state index in [9.17, 15) is 4.79 Å². The normalized spacial score (nSPS) is 13.1. The van der Waals surface area contributed by atoms with Gasteiger partial charge in [0.2, 0.25) is 0 Å². The van der Waals surface area contributed by atoms with Crippen LogP contribution in [0.25, 0.3) is 10.9 Å². The van der Waals surface area contributed by atoms with Crippen LogP contribution in [0.5, 0.6) is 0 Å². The van der Waals surface area contributed by atoms with Crippen molar-refractivity contribution < 1.29 is 9.90 Å². The molecular formula is C16H20N2O2. The summed E-state index contributed by atoms with van der Waals surface area (Å²) in [7, 11) is 0. The topological polar surface area (TPSA) is 79.1 Å². The second-order valence-corrected chi connectivity index (χ2v) is 4.93. The predicted molar refractivity (Wildman–Crippen MR) is 80.7 cm³/mol. The molecule has 2 rings (SSSR count). The van der Waals surface area contributed by atoms with E-state index in [0.717, 1.165) is 29.3 Å². The molecule has 1 atom stereocenters. The Morgan fingerprint density at radius 2 is 2.25 bits per heavy atom. The first-order valence-corrected chi connectivity index (χ1v) is 6.84. The molecule has 1 heterocycles. The summed E-state index contributed by atoms with van der Waals surface area (Å²) in [5.74, 6) is -0.971. The van der Waals surface area contributed by atoms with Crippen LogP contribution in [-0.2, 0) is 17.6 Å². The van der Waals surface area contributed by atoms with E-state index in [0.29, 0.717) is 6.42 Å². The van der Waals surface area contributed by atoms with Gasteiger partial charge in [-0.3, -0.25) is 4.79 Å². The van der Waals surface area contributed by atoms with Crippen molar-refractivity contribution >= 4 is 16.9 Å². The Morgan fingerprint density at radius 3 is 2.95 bits per heavy atom. The Morgan fingerprint density at radius 1 is 1.45 bits per heavy atom. The summed E-state index contributed by atoms with van der Waals surface area (Å²) in [6.45, 7) is 2.11. The molecule has 0 amide bonds. The molecule has 0 fully saturated rings. The number of benzene rings is 1. The van der Waals surface area contributed by atoms with Crippen LogP contribution in [0.4, 0.5) is 0 Å². The number of hydrogen-bond acceptors (Lipinski definition) is 2. The van der Waals surface area contributed by atoms with E-state index < -0.39 is 12.0 Å². The average Bonchev–Trinajstić information content (AvgIpc) is 2.82. The molecule has 4 heteroatoms. The van der Waals surface area contributed by atoms with Gasteiger partial charge in [-0.15, -0.1) is 0 Å². The van der Waals surface area contributed by atoms with Crippen molar-refractivity contribution in [3.8, 4) is 0 Å². The lowest BCUT2D eigenvalue weighted by Crippen LogP contribution is -2.32. The molecule has 4 nitrogen and oxygen atoms in total. The van der Waals surface area contributed by atoms with Crippen LogP contribution in [0.1, 0.15) is 24.5 Å². The standard InChI is InChI=1S/C16H20N2O2/c1-2-3-4-5-11-6-7-15-13(8-11)12(10-18-15)9-14(17)16(19)20/h3-4,6-8,10,14,18H,2,5,9,17H2,1H3,(H,19,20)/b4-3+/t14-/m0/s1. The molecule has 2 aromatic rings. The minimum absolute atomic E-state index is 0.337. The quantitative estimate of drug-likeness (QED) is 0.707. The fourth-order valence-electron chi connectivity index (χ4n) is 2.23. The van der Waals surface area contributed by atoms with Crippen molar-refractivity contribution in [2.45, 2.75) is 32.2 Å². The van der Waals surface area contributed by atoms with Gasteiger partial charge in [0.15, 0.2) is 0 Å². The molecule has 0 bridgehead atoms. The number of H-pyrrole nitrogens is 1. The first-order valence-electron chi connectivity index (χ1n) is 6.84. The number of hydrogen-bond donors (Lipinski definition) is 3. The number of carboxylic acid groups (broad SMARTS) is 1. The molecule has 20 heavy (non-hydrogen) atoms. The smallest absolute Gasteiger partial charge is 0.320 e. The van der Waals surface area contributed by atoms with Crippen molar-refractivity contribution in [3.63, 3.8) is 0 Å². The minimum Gasteiger partial charge on any atom is -0.480 e. The number of rotatable bonds is 6. The van der Waals surface area contributed by atoms with Crippen molar-refractivity contribution in [2.24, 2.45) is 5.73 Å². The third-order valence-corrected chi connectivity index (χ3v) is 3.34. The van der Waals surface area contributed by atoms with E-state index in [-0.39, 0.29) is 0 Å². The van der Waals surface area contributed by atoms with E-state index in [1.807, 2.05) is 12.3 Å². The van der Waals surface area contributed by atoms with E-state index in [2.05, 4.69) is 36.2 Å². The Balaban J connectivity index is 2.25. The van der Waals surface area contributed by atoms with Gasteiger partial charge in [0.1, 0.15) is 6.04 Å². The van der Waals surface area contributed by atoms with Gasteiger partial charge in [-0.1, -0.05) is 25.1 Å². The van der Waals surface area contributed by atoms with Gasteiger partial charge in [-0.25, -0.2) is 0 Å². The summed E-state index contributed by atoms with van der Waals surface area (Å²) in [5, 5.41) is 9.97. The number of aromatic amines is 1. The Bertz CT molecular complexity index is 628. The highest BCUT2D eigenvalue weighted by atomic mass is 16.4. The van der Waals surface area contributed by atoms with Crippen LogP contribution < -0.4 is 5.73 Å². The molecule has 1 aromatic heterocycles. The first kappa shape index (κ1) is 14.3. The number of nitrogens with one attached hydrogen (secondary N) is 1. The van der Waals surface area contributed by atoms with E-state index >= 15 is 0 Å². The monoisotopic (exact) mass is 272 g/mol. The number of carbonyl (C=O) groups is 1. The van der Waals surface area contributed by atoms with Gasteiger partial charge in [0.25, 0.3) is 0 Å².